The van der Waals surface area contributed by atoms with Crippen LogP contribution in [0.5, 0.6) is 0 Å². The van der Waals surface area contributed by atoms with Gasteiger partial charge in [0.2, 0.25) is 0 Å². The van der Waals surface area contributed by atoms with Gasteiger partial charge in [-0.15, -0.1) is 0 Å². The molecular weight excluding hydrogens is 279 g/mol. The van der Waals surface area contributed by atoms with E-state index in [1.54, 1.807) is 6.07 Å². The molecule has 0 unspecified atom stereocenters. The van der Waals surface area contributed by atoms with Gasteiger partial charge in [0, 0.05) is 13.1 Å². The molecule has 2 heterocycles. The summed E-state index contributed by atoms with van der Waals surface area (Å²) in [5, 5.41) is 3.31. The molecule has 0 radical (unpaired) electrons. The van der Waals surface area contributed by atoms with E-state index in [0.717, 1.165) is 51.5 Å². The number of aromatic nitrogens is 1. The van der Waals surface area contributed by atoms with E-state index in [0.29, 0.717) is 11.7 Å². The van der Waals surface area contributed by atoms with E-state index in [1.165, 1.54) is 6.07 Å². The first-order chi connectivity index (χ1) is 10.0. The Balaban J connectivity index is 2.13. The lowest BCUT2D eigenvalue weighted by Crippen LogP contribution is -2.37. The third-order valence-corrected chi connectivity index (χ3v) is 3.78. The molecule has 0 spiro atoms. The van der Waals surface area contributed by atoms with Gasteiger partial charge in [-0.25, -0.2) is 4.98 Å². The summed E-state index contributed by atoms with van der Waals surface area (Å²) in [5.74, 6) is 0.958. The fraction of sp³-hybridized carbons (Fsp3) is 0.667. The van der Waals surface area contributed by atoms with Gasteiger partial charge in [-0.05, 0) is 50.4 Å². The summed E-state index contributed by atoms with van der Waals surface area (Å²) in [5.41, 5.74) is -0.814. The van der Waals surface area contributed by atoms with E-state index in [4.69, 9.17) is 0 Å². The first-order valence-electron chi connectivity index (χ1n) is 7.50. The zero-order valence-corrected chi connectivity index (χ0v) is 12.3. The summed E-state index contributed by atoms with van der Waals surface area (Å²) < 4.78 is 38.4. The zero-order chi connectivity index (χ0) is 15.3. The van der Waals surface area contributed by atoms with Crippen LogP contribution in [-0.4, -0.2) is 31.2 Å². The first kappa shape index (κ1) is 16.1. The Labute approximate surface area is 123 Å². The van der Waals surface area contributed by atoms with Gasteiger partial charge >= 0.3 is 6.18 Å². The van der Waals surface area contributed by atoms with Crippen LogP contribution in [0.3, 0.4) is 0 Å². The van der Waals surface area contributed by atoms with Crippen LogP contribution in [0.1, 0.15) is 31.9 Å². The fourth-order valence-corrected chi connectivity index (χ4v) is 2.70. The number of pyridine rings is 1. The normalized spacial score (nSPS) is 17.0. The summed E-state index contributed by atoms with van der Waals surface area (Å²) in [4.78, 5) is 5.81. The maximum absolute atomic E-state index is 12.8. The molecule has 1 aliphatic heterocycles. The molecule has 0 aromatic carbocycles. The number of alkyl halides is 3. The number of hydrogen-bond donors (Lipinski definition) is 1. The van der Waals surface area contributed by atoms with E-state index in [1.807, 2.05) is 11.8 Å². The number of nitrogens with zero attached hydrogens (tertiary/aromatic N) is 2. The highest BCUT2D eigenvalue weighted by Gasteiger charge is 2.33. The molecule has 3 nitrogen and oxygen atoms in total. The Morgan fingerprint density at radius 1 is 1.29 bits per heavy atom. The molecule has 1 N–H and O–H groups in total. The fourth-order valence-electron chi connectivity index (χ4n) is 2.70. The van der Waals surface area contributed by atoms with Crippen molar-refractivity contribution in [1.82, 2.24) is 10.3 Å². The molecule has 2 rings (SSSR count). The van der Waals surface area contributed by atoms with Crippen molar-refractivity contribution in [3.8, 4) is 0 Å². The molecule has 1 aliphatic rings. The van der Waals surface area contributed by atoms with Crippen molar-refractivity contribution in [2.24, 2.45) is 5.92 Å². The van der Waals surface area contributed by atoms with Crippen LogP contribution >= 0.6 is 0 Å². The van der Waals surface area contributed by atoms with Crippen molar-refractivity contribution in [2.75, 3.05) is 31.1 Å². The highest BCUT2D eigenvalue weighted by atomic mass is 19.4. The third kappa shape index (κ3) is 4.59. The van der Waals surface area contributed by atoms with Crippen molar-refractivity contribution in [1.29, 1.82) is 0 Å². The van der Waals surface area contributed by atoms with Crippen molar-refractivity contribution < 1.29 is 13.2 Å². The van der Waals surface area contributed by atoms with Gasteiger partial charge in [0.15, 0.2) is 0 Å². The van der Waals surface area contributed by atoms with Crippen LogP contribution in [0.4, 0.5) is 19.0 Å². The maximum Gasteiger partial charge on any atom is 0.433 e. The molecule has 0 amide bonds. The van der Waals surface area contributed by atoms with Gasteiger partial charge in [0.1, 0.15) is 11.5 Å². The van der Waals surface area contributed by atoms with Crippen molar-refractivity contribution in [3.63, 3.8) is 0 Å². The molecule has 0 bridgehead atoms. The number of halogens is 3. The van der Waals surface area contributed by atoms with Crippen LogP contribution in [0, 0.1) is 5.92 Å². The monoisotopic (exact) mass is 301 g/mol. The van der Waals surface area contributed by atoms with Crippen LogP contribution in [0.15, 0.2) is 18.2 Å². The van der Waals surface area contributed by atoms with Crippen LogP contribution < -0.4 is 10.2 Å². The third-order valence-electron chi connectivity index (χ3n) is 3.78. The Hall–Kier alpha value is -1.30. The van der Waals surface area contributed by atoms with Gasteiger partial charge in [0.05, 0.1) is 0 Å². The van der Waals surface area contributed by atoms with Crippen molar-refractivity contribution in [3.05, 3.63) is 23.9 Å². The predicted octanol–water partition coefficient (Wildman–Crippen LogP) is 3.32. The van der Waals surface area contributed by atoms with Crippen LogP contribution in [0.2, 0.25) is 0 Å². The van der Waals surface area contributed by atoms with E-state index in [9.17, 15) is 13.2 Å². The second-order valence-electron chi connectivity index (χ2n) is 5.52. The maximum atomic E-state index is 12.8. The van der Waals surface area contributed by atoms with Crippen LogP contribution in [0.25, 0.3) is 0 Å². The number of hydrogen-bond acceptors (Lipinski definition) is 3. The van der Waals surface area contributed by atoms with Gasteiger partial charge < -0.3 is 10.2 Å². The zero-order valence-electron chi connectivity index (χ0n) is 12.3. The van der Waals surface area contributed by atoms with E-state index >= 15 is 0 Å². The number of nitrogens with one attached hydrogen (secondary N) is 1. The molecular formula is C15H22F3N3. The number of anilines is 1. The molecule has 6 heteroatoms. The van der Waals surface area contributed by atoms with Crippen molar-refractivity contribution in [2.45, 2.75) is 32.4 Å². The lowest BCUT2D eigenvalue weighted by atomic mass is 9.97. The number of rotatable bonds is 5. The van der Waals surface area contributed by atoms with E-state index in [-0.39, 0.29) is 0 Å². The molecule has 118 valence electrons. The average Bonchev–Trinajstić information content (AvgIpc) is 2.47. The smallest absolute Gasteiger partial charge is 0.356 e. The lowest BCUT2D eigenvalue weighted by molar-refractivity contribution is -0.141. The summed E-state index contributed by atoms with van der Waals surface area (Å²) >= 11 is 0. The average molecular weight is 301 g/mol. The standard InChI is InChI=1S/C15H22F3N3/c1-2-10-21(11-12-6-8-19-9-7-12)14-5-3-4-13(20-14)15(16,17)18/h3-5,12,19H,2,6-11H2,1H3. The highest BCUT2D eigenvalue weighted by Crippen LogP contribution is 2.29. The SMILES string of the molecule is CCCN(CC1CCNCC1)c1cccc(C(F)(F)F)n1. The van der Waals surface area contributed by atoms with Crippen LogP contribution in [-0.2, 0) is 6.18 Å². The minimum atomic E-state index is -4.39. The Kier molecular flexibility index (Phi) is 5.45. The summed E-state index contributed by atoms with van der Waals surface area (Å²) in [6.45, 7) is 5.52. The molecule has 1 aromatic heterocycles. The molecule has 21 heavy (non-hydrogen) atoms. The van der Waals surface area contributed by atoms with Gasteiger partial charge in [-0.1, -0.05) is 13.0 Å². The first-order valence-corrected chi connectivity index (χ1v) is 7.50. The number of piperidine rings is 1. The molecule has 1 aromatic rings. The van der Waals surface area contributed by atoms with Gasteiger partial charge in [0.25, 0.3) is 0 Å². The van der Waals surface area contributed by atoms with E-state index in [2.05, 4.69) is 10.3 Å². The Morgan fingerprint density at radius 2 is 2.00 bits per heavy atom. The van der Waals surface area contributed by atoms with Crippen molar-refractivity contribution >= 4 is 5.82 Å². The summed E-state index contributed by atoms with van der Waals surface area (Å²) in [7, 11) is 0. The van der Waals surface area contributed by atoms with Gasteiger partial charge in [-0.3, -0.25) is 0 Å². The summed E-state index contributed by atoms with van der Waals surface area (Å²) in [6, 6.07) is 4.14. The predicted molar refractivity (Wildman–Crippen MR) is 77.3 cm³/mol. The minimum Gasteiger partial charge on any atom is -0.356 e. The lowest BCUT2D eigenvalue weighted by Gasteiger charge is -2.31. The molecule has 0 atom stereocenters. The Bertz CT molecular complexity index is 442. The molecule has 1 saturated heterocycles. The summed E-state index contributed by atoms with van der Waals surface area (Å²) in [6.07, 6.45) is -1.36. The molecule has 0 saturated carbocycles. The quantitative estimate of drug-likeness (QED) is 0.904. The van der Waals surface area contributed by atoms with E-state index < -0.39 is 11.9 Å². The minimum absolute atomic E-state index is 0.435. The largest absolute Gasteiger partial charge is 0.433 e. The highest BCUT2D eigenvalue weighted by molar-refractivity contribution is 5.39. The second-order valence-corrected chi connectivity index (χ2v) is 5.52. The topological polar surface area (TPSA) is 28.2 Å². The molecule has 1 fully saturated rings. The molecule has 0 aliphatic carbocycles. The van der Waals surface area contributed by atoms with Gasteiger partial charge in [-0.2, -0.15) is 13.2 Å². The Morgan fingerprint density at radius 3 is 2.62 bits per heavy atom. The second kappa shape index (κ2) is 7.11.